The first-order valence-corrected chi connectivity index (χ1v) is 26.2. The Morgan fingerprint density at radius 2 is 1.13 bits per heavy atom. The maximum absolute atomic E-state index is 12.6. The summed E-state index contributed by atoms with van der Waals surface area (Å²) in [5.41, 5.74) is 5.51. The second-order valence-electron chi connectivity index (χ2n) is 22.1. The molecule has 0 spiro atoms. The molecule has 384 valence electrons. The summed E-state index contributed by atoms with van der Waals surface area (Å²) in [6, 6.07) is 12.5. The Morgan fingerprint density at radius 1 is 0.648 bits per heavy atom. The van der Waals surface area contributed by atoms with E-state index in [0.717, 1.165) is 142 Å². The number of piperazine rings is 2. The van der Waals surface area contributed by atoms with Crippen molar-refractivity contribution in [3.8, 4) is 0 Å². The third kappa shape index (κ3) is 11.2. The maximum Gasteiger partial charge on any atom is 0.410 e. The van der Waals surface area contributed by atoms with Gasteiger partial charge in [-0.05, 0) is 95.3 Å². The number of piperidine rings is 4. The molecule has 6 saturated heterocycles. The van der Waals surface area contributed by atoms with E-state index in [0.29, 0.717) is 37.5 Å². The van der Waals surface area contributed by atoms with Gasteiger partial charge in [0.25, 0.3) is 0 Å². The molecule has 2 aromatic carbocycles. The van der Waals surface area contributed by atoms with E-state index in [-0.39, 0.29) is 35.6 Å². The summed E-state index contributed by atoms with van der Waals surface area (Å²) in [5, 5.41) is 20.0. The number of amides is 5. The summed E-state index contributed by atoms with van der Waals surface area (Å²) < 4.78 is 9.38. The first-order valence-electron chi connectivity index (χ1n) is 26.2. The zero-order valence-electron chi connectivity index (χ0n) is 43.0. The van der Waals surface area contributed by atoms with Crippen molar-refractivity contribution >= 4 is 62.9 Å². The van der Waals surface area contributed by atoms with Gasteiger partial charge in [-0.3, -0.25) is 49.0 Å². The van der Waals surface area contributed by atoms with Crippen molar-refractivity contribution in [2.75, 3.05) is 101 Å². The molecule has 18 nitrogen and oxygen atoms in total. The summed E-state index contributed by atoms with van der Waals surface area (Å²) in [6.45, 7) is 24.3. The molecular formula is C53H76N12O6. The fraction of sp³-hybridized carbons (Fsp3) is 0.642. The van der Waals surface area contributed by atoms with Crippen LogP contribution >= 0.6 is 0 Å². The maximum atomic E-state index is 12.6. The molecule has 8 heterocycles. The van der Waals surface area contributed by atoms with Crippen LogP contribution in [0.15, 0.2) is 36.4 Å². The number of imide groups is 2. The number of ether oxygens (including phenoxy) is 1. The molecule has 2 aromatic heterocycles. The van der Waals surface area contributed by atoms with Crippen molar-refractivity contribution in [3.05, 3.63) is 47.8 Å². The molecule has 0 bridgehead atoms. The van der Waals surface area contributed by atoms with Crippen molar-refractivity contribution in [3.63, 3.8) is 0 Å². The van der Waals surface area contributed by atoms with Crippen LogP contribution in [0.25, 0.3) is 21.8 Å². The van der Waals surface area contributed by atoms with Gasteiger partial charge in [-0.1, -0.05) is 38.1 Å². The normalized spacial score (nSPS) is 26.3. The highest BCUT2D eigenvalue weighted by Crippen LogP contribution is 2.37. The topological polar surface area (TPSA) is 183 Å². The van der Waals surface area contributed by atoms with Crippen LogP contribution in [0.2, 0.25) is 0 Å². The molecule has 10 rings (SSSR count). The van der Waals surface area contributed by atoms with Gasteiger partial charge in [0.2, 0.25) is 23.6 Å². The van der Waals surface area contributed by atoms with E-state index in [1.54, 1.807) is 0 Å². The van der Waals surface area contributed by atoms with Crippen molar-refractivity contribution in [1.82, 2.24) is 50.2 Å². The molecule has 0 saturated carbocycles. The third-order valence-electron chi connectivity index (χ3n) is 16.0. The van der Waals surface area contributed by atoms with E-state index in [4.69, 9.17) is 14.9 Å². The number of aromatic nitrogens is 4. The SMILES string of the molecule is C[C@@H]1CN(C(=O)OC(C)(C)C)CC[C@@H]1CN1CCN(c2cccc3c(C4CCC(=O)NC4=O)nn(C)c23)CC1.C[C@@H]1CNCC[C@@H]1CN1CCN(c2cccc3c(C4CCC(=O)NC4=O)nn(C)c23)CC1. The Labute approximate surface area is 418 Å². The summed E-state index contributed by atoms with van der Waals surface area (Å²) in [4.78, 5) is 72.7. The van der Waals surface area contributed by atoms with Gasteiger partial charge in [0.1, 0.15) is 5.60 Å². The molecule has 18 heteroatoms. The Bertz CT molecular complexity index is 2600. The van der Waals surface area contributed by atoms with Gasteiger partial charge in [-0.25, -0.2) is 4.79 Å². The van der Waals surface area contributed by atoms with E-state index in [1.165, 1.54) is 18.7 Å². The van der Waals surface area contributed by atoms with Gasteiger partial charge in [0.15, 0.2) is 0 Å². The number of aryl methyl sites for hydroxylation is 2. The largest absolute Gasteiger partial charge is 0.444 e. The van der Waals surface area contributed by atoms with Crippen molar-refractivity contribution in [2.45, 2.75) is 90.6 Å². The Hall–Kier alpha value is -5.59. The van der Waals surface area contributed by atoms with E-state index < -0.39 is 11.5 Å². The molecule has 4 aromatic rings. The van der Waals surface area contributed by atoms with Gasteiger partial charge in [-0.15, -0.1) is 0 Å². The van der Waals surface area contributed by atoms with Gasteiger partial charge >= 0.3 is 6.09 Å². The number of likely N-dealkylation sites (tertiary alicyclic amines) is 1. The van der Waals surface area contributed by atoms with Crippen LogP contribution in [0, 0.1) is 23.7 Å². The summed E-state index contributed by atoms with van der Waals surface area (Å²) in [5.74, 6) is 0.878. The number of hydrogen-bond donors (Lipinski definition) is 3. The molecule has 6 aliphatic heterocycles. The summed E-state index contributed by atoms with van der Waals surface area (Å²) in [7, 11) is 3.89. The fourth-order valence-corrected chi connectivity index (χ4v) is 11.9. The zero-order chi connectivity index (χ0) is 50.1. The van der Waals surface area contributed by atoms with Crippen LogP contribution in [0.5, 0.6) is 0 Å². The van der Waals surface area contributed by atoms with Crippen molar-refractivity contribution in [2.24, 2.45) is 37.8 Å². The first-order chi connectivity index (χ1) is 34.0. The van der Waals surface area contributed by atoms with E-state index in [9.17, 15) is 24.0 Å². The number of carbonyl (C=O) groups excluding carboxylic acids is 5. The highest BCUT2D eigenvalue weighted by molar-refractivity contribution is 6.05. The lowest BCUT2D eigenvalue weighted by Crippen LogP contribution is -2.51. The number of fused-ring (bicyclic) bond motifs is 2. The Balaban J connectivity index is 0.000000179. The summed E-state index contributed by atoms with van der Waals surface area (Å²) in [6.07, 6.45) is 3.80. The summed E-state index contributed by atoms with van der Waals surface area (Å²) >= 11 is 0. The molecular weight excluding hydrogens is 901 g/mol. The standard InChI is InChI=1S/C29H42N6O4.C24H34N6O2/c1-19-17-35(28(38)39-29(2,3)4)12-11-20(19)18-33-13-15-34(16-14-33)23-8-6-7-21-25(31-32(5)26(21)23)22-9-10-24(36)30-27(22)37;1-16-14-25-9-8-17(16)15-29-10-12-30(13-11-29)20-5-3-4-18-22(27-28(2)23(18)20)19-6-7-21(31)26-24(19)32/h6-8,19-20,22H,9-18H2,1-5H3,(H,30,36,37);3-5,16-17,19,25H,6-15H2,1-2H3,(H,26,31,32)/t19-,20-,22?;16-,17-,19?/m11/s1. The molecule has 5 amide bonds. The Morgan fingerprint density at radius 3 is 1.56 bits per heavy atom. The highest BCUT2D eigenvalue weighted by atomic mass is 16.6. The monoisotopic (exact) mass is 977 g/mol. The number of nitrogens with one attached hydrogen (secondary N) is 3. The van der Waals surface area contributed by atoms with Crippen LogP contribution in [-0.4, -0.2) is 161 Å². The molecule has 6 aliphatic rings. The first kappa shape index (κ1) is 50.4. The number of carbonyl (C=O) groups is 5. The Kier molecular flexibility index (Phi) is 15.1. The zero-order valence-corrected chi connectivity index (χ0v) is 43.0. The average Bonchev–Trinajstić information content (AvgIpc) is 3.86. The lowest BCUT2D eigenvalue weighted by molar-refractivity contribution is -0.135. The minimum absolute atomic E-state index is 0.191. The molecule has 0 aliphatic carbocycles. The number of benzene rings is 2. The molecule has 6 atom stereocenters. The number of rotatable bonds is 8. The van der Waals surface area contributed by atoms with Crippen LogP contribution < -0.4 is 25.8 Å². The second kappa shape index (κ2) is 21.2. The van der Waals surface area contributed by atoms with Crippen molar-refractivity contribution in [1.29, 1.82) is 0 Å². The second-order valence-corrected chi connectivity index (χ2v) is 22.1. The van der Waals surface area contributed by atoms with Crippen LogP contribution in [0.3, 0.4) is 0 Å². The van der Waals surface area contributed by atoms with Gasteiger partial charge in [-0.2, -0.15) is 10.2 Å². The van der Waals surface area contributed by atoms with Crippen LogP contribution in [-0.2, 0) is 38.0 Å². The quantitative estimate of drug-likeness (QED) is 0.209. The van der Waals surface area contributed by atoms with Gasteiger partial charge in [0, 0.05) is 116 Å². The number of hydrogen-bond acceptors (Lipinski definition) is 13. The minimum atomic E-state index is -0.469. The van der Waals surface area contributed by atoms with Crippen LogP contribution in [0.1, 0.15) is 96.4 Å². The van der Waals surface area contributed by atoms with Crippen LogP contribution in [0.4, 0.5) is 16.2 Å². The average molecular weight is 977 g/mol. The smallest absolute Gasteiger partial charge is 0.410 e. The van der Waals surface area contributed by atoms with E-state index in [2.05, 4.69) is 73.7 Å². The number of para-hydroxylation sites is 2. The number of nitrogens with zero attached hydrogens (tertiary/aromatic N) is 9. The van der Waals surface area contributed by atoms with E-state index >= 15 is 0 Å². The molecule has 0 radical (unpaired) electrons. The molecule has 2 unspecified atom stereocenters. The van der Waals surface area contributed by atoms with Gasteiger partial charge in [0.05, 0.1) is 45.6 Å². The van der Waals surface area contributed by atoms with Gasteiger partial charge < -0.3 is 24.8 Å². The third-order valence-corrected chi connectivity index (χ3v) is 16.0. The highest BCUT2D eigenvalue weighted by Gasteiger charge is 2.36. The molecule has 71 heavy (non-hydrogen) atoms. The number of anilines is 2. The molecule has 3 N–H and O–H groups in total. The predicted molar refractivity (Wildman–Crippen MR) is 274 cm³/mol. The fourth-order valence-electron chi connectivity index (χ4n) is 11.9. The lowest BCUT2D eigenvalue weighted by atomic mass is 9.86. The van der Waals surface area contributed by atoms with Crippen molar-refractivity contribution < 1.29 is 28.7 Å². The predicted octanol–water partition coefficient (Wildman–Crippen LogP) is 4.57. The molecule has 6 fully saturated rings. The lowest BCUT2D eigenvalue weighted by Gasteiger charge is -2.42. The van der Waals surface area contributed by atoms with E-state index in [1.807, 2.05) is 61.3 Å². The minimum Gasteiger partial charge on any atom is -0.444 e.